The maximum Gasteiger partial charge on any atom is 0.245 e. The average Bonchev–Trinajstić information content (AvgIpc) is 2.24. The second kappa shape index (κ2) is 5.21. The lowest BCUT2D eigenvalue weighted by molar-refractivity contribution is 0.464. The molecule has 0 atom stereocenters. The van der Waals surface area contributed by atoms with Gasteiger partial charge in [0.2, 0.25) is 10.0 Å². The minimum absolute atomic E-state index is 0.0478. The Hall–Kier alpha value is -1.51. The maximum absolute atomic E-state index is 12.2. The number of nitrogen functional groups attached to an aromatic ring is 1. The Morgan fingerprint density at radius 2 is 2.12 bits per heavy atom. The summed E-state index contributed by atoms with van der Waals surface area (Å²) in [6, 6.07) is 4.86. The fraction of sp³-hybridized carbons (Fsp3) is 0.333. The lowest BCUT2D eigenvalue weighted by atomic mass is 10.2. The molecule has 0 saturated heterocycles. The summed E-state index contributed by atoms with van der Waals surface area (Å²) in [6.45, 7) is 3.96. The summed E-state index contributed by atoms with van der Waals surface area (Å²) in [5, 5.41) is 0. The van der Waals surface area contributed by atoms with E-state index in [4.69, 9.17) is 12.2 Å². The van der Waals surface area contributed by atoms with E-state index in [9.17, 15) is 8.42 Å². The van der Waals surface area contributed by atoms with Crippen molar-refractivity contribution in [2.45, 2.75) is 18.7 Å². The Balaban J connectivity index is 3.26. The third-order valence-electron chi connectivity index (χ3n) is 2.40. The average molecular weight is 252 g/mol. The molecule has 0 radical (unpaired) electrons. The summed E-state index contributed by atoms with van der Waals surface area (Å²) < 4.78 is 25.7. The van der Waals surface area contributed by atoms with Crippen LogP contribution in [0.1, 0.15) is 12.5 Å². The zero-order valence-electron chi connectivity index (χ0n) is 9.97. The molecule has 1 aromatic carbocycles. The van der Waals surface area contributed by atoms with Crippen LogP contribution in [0.2, 0.25) is 0 Å². The number of hydrogen-bond acceptors (Lipinski definition) is 3. The molecule has 0 aromatic heterocycles. The fourth-order valence-electron chi connectivity index (χ4n) is 1.51. The van der Waals surface area contributed by atoms with Gasteiger partial charge < -0.3 is 5.73 Å². The standard InChI is InChI=1S/C12H16N2O2S/c1-4-8-14(5-2)17(15,16)12-7-6-10(3)9-11(12)13/h1,6-7,9H,5,8,13H2,2-3H3. The van der Waals surface area contributed by atoms with Crippen LogP contribution < -0.4 is 5.73 Å². The van der Waals surface area contributed by atoms with Gasteiger partial charge in [0.05, 0.1) is 12.2 Å². The van der Waals surface area contributed by atoms with Crippen LogP contribution >= 0.6 is 0 Å². The van der Waals surface area contributed by atoms with Crippen LogP contribution in [-0.4, -0.2) is 25.8 Å². The van der Waals surface area contributed by atoms with Gasteiger partial charge >= 0.3 is 0 Å². The molecule has 0 bridgehead atoms. The number of hydrogen-bond donors (Lipinski definition) is 1. The molecule has 2 N–H and O–H groups in total. The van der Waals surface area contributed by atoms with E-state index in [-0.39, 0.29) is 17.1 Å². The highest BCUT2D eigenvalue weighted by Gasteiger charge is 2.24. The quantitative estimate of drug-likeness (QED) is 0.647. The molecular formula is C12H16N2O2S. The molecule has 0 fully saturated rings. The molecule has 0 aliphatic heterocycles. The first-order valence-corrected chi connectivity index (χ1v) is 6.67. The normalized spacial score (nSPS) is 11.4. The monoisotopic (exact) mass is 252 g/mol. The molecule has 5 heteroatoms. The second-order valence-corrected chi connectivity index (χ2v) is 5.58. The first-order valence-electron chi connectivity index (χ1n) is 5.23. The van der Waals surface area contributed by atoms with Gasteiger partial charge in [-0.3, -0.25) is 0 Å². The Morgan fingerprint density at radius 1 is 1.47 bits per heavy atom. The minimum Gasteiger partial charge on any atom is -0.398 e. The Labute approximate surface area is 102 Å². The molecule has 0 unspecified atom stereocenters. The fourth-order valence-corrected chi connectivity index (χ4v) is 2.97. The first kappa shape index (κ1) is 13.6. The third kappa shape index (κ3) is 2.78. The first-order chi connectivity index (χ1) is 7.93. The van der Waals surface area contributed by atoms with Gasteiger partial charge in [0.1, 0.15) is 4.90 Å². The van der Waals surface area contributed by atoms with Crippen molar-refractivity contribution in [1.82, 2.24) is 4.31 Å². The predicted octanol–water partition coefficient (Wildman–Crippen LogP) is 1.22. The maximum atomic E-state index is 12.2. The zero-order valence-corrected chi connectivity index (χ0v) is 10.8. The van der Waals surface area contributed by atoms with Gasteiger partial charge in [-0.2, -0.15) is 4.31 Å². The number of rotatable bonds is 4. The van der Waals surface area contributed by atoms with Crippen LogP contribution in [0.3, 0.4) is 0 Å². The molecule has 0 amide bonds. The number of terminal acetylenes is 1. The van der Waals surface area contributed by atoms with Crippen LogP contribution in [0.25, 0.3) is 0 Å². The van der Waals surface area contributed by atoms with E-state index in [1.165, 1.54) is 10.4 Å². The van der Waals surface area contributed by atoms with Gasteiger partial charge in [-0.05, 0) is 24.6 Å². The van der Waals surface area contributed by atoms with E-state index < -0.39 is 10.0 Å². The summed E-state index contributed by atoms with van der Waals surface area (Å²) in [5.41, 5.74) is 6.91. The summed E-state index contributed by atoms with van der Waals surface area (Å²) >= 11 is 0. The van der Waals surface area contributed by atoms with E-state index in [2.05, 4.69) is 5.92 Å². The van der Waals surface area contributed by atoms with Crippen molar-refractivity contribution in [2.75, 3.05) is 18.8 Å². The molecule has 92 valence electrons. The predicted molar refractivity (Wildman–Crippen MR) is 68.9 cm³/mol. The number of aryl methyl sites for hydroxylation is 1. The van der Waals surface area contributed by atoms with Crippen molar-refractivity contribution in [3.05, 3.63) is 23.8 Å². The van der Waals surface area contributed by atoms with E-state index in [1.54, 1.807) is 19.1 Å². The van der Waals surface area contributed by atoms with E-state index >= 15 is 0 Å². The summed E-state index contributed by atoms with van der Waals surface area (Å²) in [5.74, 6) is 2.33. The second-order valence-electron chi connectivity index (χ2n) is 3.68. The molecule has 17 heavy (non-hydrogen) atoms. The van der Waals surface area contributed by atoms with Crippen LogP contribution in [0.5, 0.6) is 0 Å². The summed E-state index contributed by atoms with van der Waals surface area (Å²) in [4.78, 5) is 0.111. The topological polar surface area (TPSA) is 63.4 Å². The highest BCUT2D eigenvalue weighted by atomic mass is 32.2. The molecule has 4 nitrogen and oxygen atoms in total. The van der Waals surface area contributed by atoms with Crippen molar-refractivity contribution in [3.8, 4) is 12.3 Å². The van der Waals surface area contributed by atoms with E-state index in [0.717, 1.165) is 5.56 Å². The minimum atomic E-state index is -3.59. The van der Waals surface area contributed by atoms with Gasteiger partial charge in [0.15, 0.2) is 0 Å². The molecule has 1 rings (SSSR count). The SMILES string of the molecule is C#CCN(CC)S(=O)(=O)c1ccc(C)cc1N. The highest BCUT2D eigenvalue weighted by molar-refractivity contribution is 7.89. The highest BCUT2D eigenvalue weighted by Crippen LogP contribution is 2.22. The Bertz CT molecular complexity index is 544. The van der Waals surface area contributed by atoms with Gasteiger partial charge in [-0.15, -0.1) is 6.42 Å². The number of anilines is 1. The summed E-state index contributed by atoms with van der Waals surface area (Å²) in [6.07, 6.45) is 5.15. The third-order valence-corrected chi connectivity index (χ3v) is 4.40. The van der Waals surface area contributed by atoms with Gasteiger partial charge in [0, 0.05) is 6.54 Å². The van der Waals surface area contributed by atoms with Crippen molar-refractivity contribution in [3.63, 3.8) is 0 Å². The number of sulfonamides is 1. The molecule has 0 spiro atoms. The zero-order chi connectivity index (χ0) is 13.1. The van der Waals surface area contributed by atoms with Crippen LogP contribution in [-0.2, 0) is 10.0 Å². The van der Waals surface area contributed by atoms with Crippen LogP contribution in [0, 0.1) is 19.3 Å². The molecule has 1 aromatic rings. The summed E-state index contributed by atoms with van der Waals surface area (Å²) in [7, 11) is -3.59. The molecule has 0 aliphatic carbocycles. The van der Waals surface area contributed by atoms with Crippen molar-refractivity contribution >= 4 is 15.7 Å². The number of nitrogens with zero attached hydrogens (tertiary/aromatic N) is 1. The number of benzene rings is 1. The van der Waals surface area contributed by atoms with Crippen molar-refractivity contribution < 1.29 is 8.42 Å². The van der Waals surface area contributed by atoms with Gasteiger partial charge in [-0.25, -0.2) is 8.42 Å². The molecule has 0 saturated carbocycles. The van der Waals surface area contributed by atoms with E-state index in [0.29, 0.717) is 6.54 Å². The van der Waals surface area contributed by atoms with Crippen LogP contribution in [0.4, 0.5) is 5.69 Å². The lowest BCUT2D eigenvalue weighted by Gasteiger charge is -2.19. The van der Waals surface area contributed by atoms with Gasteiger partial charge in [0.25, 0.3) is 0 Å². The Morgan fingerprint density at radius 3 is 2.59 bits per heavy atom. The lowest BCUT2D eigenvalue weighted by Crippen LogP contribution is -2.31. The largest absolute Gasteiger partial charge is 0.398 e. The Kier molecular flexibility index (Phi) is 4.16. The van der Waals surface area contributed by atoms with Crippen molar-refractivity contribution in [1.29, 1.82) is 0 Å². The van der Waals surface area contributed by atoms with Crippen molar-refractivity contribution in [2.24, 2.45) is 0 Å². The van der Waals surface area contributed by atoms with E-state index in [1.807, 2.05) is 6.92 Å². The van der Waals surface area contributed by atoms with Gasteiger partial charge in [-0.1, -0.05) is 18.9 Å². The van der Waals surface area contributed by atoms with Crippen LogP contribution in [0.15, 0.2) is 23.1 Å². The number of nitrogens with two attached hydrogens (primary N) is 1. The molecule has 0 heterocycles. The molecular weight excluding hydrogens is 236 g/mol. The molecule has 0 aliphatic rings. The smallest absolute Gasteiger partial charge is 0.245 e.